The lowest BCUT2D eigenvalue weighted by Crippen LogP contribution is -2.52. The first-order valence-electron chi connectivity index (χ1n) is 11.2. The highest BCUT2D eigenvalue weighted by Gasteiger charge is 2.34. The molecule has 0 fully saturated rings. The number of furan rings is 1. The van der Waals surface area contributed by atoms with Gasteiger partial charge in [0.15, 0.2) is 11.5 Å². The average molecular weight is 464 g/mol. The molecule has 8 heteroatoms. The Morgan fingerprint density at radius 1 is 1.09 bits per heavy atom. The summed E-state index contributed by atoms with van der Waals surface area (Å²) in [4.78, 5) is 27.7. The van der Waals surface area contributed by atoms with Gasteiger partial charge in [0.1, 0.15) is 11.8 Å². The Kier molecular flexibility index (Phi) is 7.06. The van der Waals surface area contributed by atoms with Crippen molar-refractivity contribution in [2.75, 3.05) is 20.8 Å². The van der Waals surface area contributed by atoms with Crippen molar-refractivity contribution in [3.63, 3.8) is 0 Å². The smallest absolute Gasteiger partial charge is 0.318 e. The number of nitrogens with zero attached hydrogens (tertiary/aromatic N) is 1. The van der Waals surface area contributed by atoms with E-state index in [-0.39, 0.29) is 24.5 Å². The van der Waals surface area contributed by atoms with Gasteiger partial charge in [-0.1, -0.05) is 30.3 Å². The Morgan fingerprint density at radius 3 is 2.50 bits per heavy atom. The second-order valence-corrected chi connectivity index (χ2v) is 8.13. The van der Waals surface area contributed by atoms with E-state index in [0.717, 1.165) is 16.7 Å². The monoisotopic (exact) mass is 463 g/mol. The van der Waals surface area contributed by atoms with Crippen LogP contribution in [-0.2, 0) is 17.8 Å². The van der Waals surface area contributed by atoms with Gasteiger partial charge in [-0.2, -0.15) is 0 Å². The van der Waals surface area contributed by atoms with Crippen LogP contribution in [0.4, 0.5) is 4.79 Å². The molecular weight excluding hydrogens is 434 g/mol. The molecule has 0 aliphatic carbocycles. The highest BCUT2D eigenvalue weighted by Crippen LogP contribution is 2.41. The Balaban J connectivity index is 1.56. The minimum absolute atomic E-state index is 0.261. The van der Waals surface area contributed by atoms with Crippen molar-refractivity contribution >= 4 is 11.9 Å². The molecule has 2 aromatic carbocycles. The van der Waals surface area contributed by atoms with Crippen LogP contribution in [0.15, 0.2) is 65.3 Å². The molecule has 1 aliphatic heterocycles. The Bertz CT molecular complexity index is 1130. The van der Waals surface area contributed by atoms with E-state index in [4.69, 9.17) is 13.9 Å². The molecule has 1 aromatic heterocycles. The summed E-state index contributed by atoms with van der Waals surface area (Å²) in [5.74, 6) is 1.63. The number of hydrogen-bond acceptors (Lipinski definition) is 5. The number of ether oxygens (including phenoxy) is 2. The second kappa shape index (κ2) is 10.3. The Hall–Kier alpha value is -3.94. The lowest BCUT2D eigenvalue weighted by atomic mass is 9.88. The van der Waals surface area contributed by atoms with Crippen LogP contribution < -0.4 is 20.1 Å². The van der Waals surface area contributed by atoms with Crippen molar-refractivity contribution in [1.29, 1.82) is 0 Å². The van der Waals surface area contributed by atoms with Gasteiger partial charge in [-0.15, -0.1) is 0 Å². The maximum Gasteiger partial charge on any atom is 0.318 e. The largest absolute Gasteiger partial charge is 0.493 e. The standard InChI is InChI=1S/C26H29N3O5/c1-17(25(30)27-16-20-10-7-13-34-20)28-26(31)29-12-11-19-14-22(32-2)23(33-3)15-21(19)24(29)18-8-5-4-6-9-18/h4-10,13-15,17,24H,11-12,16H2,1-3H3,(H,27,30)(H,28,31)/t17-,24-/m1/s1. The lowest BCUT2D eigenvalue weighted by molar-refractivity contribution is -0.122. The van der Waals surface area contributed by atoms with E-state index in [0.29, 0.717) is 30.2 Å². The molecule has 1 aliphatic rings. The summed E-state index contributed by atoms with van der Waals surface area (Å²) < 4.78 is 16.3. The molecule has 34 heavy (non-hydrogen) atoms. The van der Waals surface area contributed by atoms with E-state index in [1.165, 1.54) is 0 Å². The van der Waals surface area contributed by atoms with E-state index < -0.39 is 6.04 Å². The molecule has 2 N–H and O–H groups in total. The first-order chi connectivity index (χ1) is 16.5. The summed E-state index contributed by atoms with van der Waals surface area (Å²) in [5.41, 5.74) is 3.04. The third-order valence-corrected chi connectivity index (χ3v) is 6.00. The maximum absolute atomic E-state index is 13.4. The highest BCUT2D eigenvalue weighted by molar-refractivity contribution is 5.87. The first-order valence-corrected chi connectivity index (χ1v) is 11.2. The fraction of sp³-hybridized carbons (Fsp3) is 0.308. The first kappa shape index (κ1) is 23.2. The van der Waals surface area contributed by atoms with Crippen LogP contribution in [0.25, 0.3) is 0 Å². The number of carbonyl (C=O) groups is 2. The minimum Gasteiger partial charge on any atom is -0.493 e. The number of benzene rings is 2. The van der Waals surface area contributed by atoms with Crippen molar-refractivity contribution in [1.82, 2.24) is 15.5 Å². The molecular formula is C26H29N3O5. The molecule has 3 amide bonds. The van der Waals surface area contributed by atoms with Crippen molar-refractivity contribution in [3.05, 3.63) is 83.3 Å². The van der Waals surface area contributed by atoms with Crippen LogP contribution in [0, 0.1) is 0 Å². The molecule has 0 saturated carbocycles. The van der Waals surface area contributed by atoms with Crippen LogP contribution in [0.1, 0.15) is 35.4 Å². The third kappa shape index (κ3) is 4.85. The van der Waals surface area contributed by atoms with Gasteiger partial charge in [0.25, 0.3) is 0 Å². The van der Waals surface area contributed by atoms with Gasteiger partial charge < -0.3 is 29.4 Å². The average Bonchev–Trinajstić information content (AvgIpc) is 3.39. The van der Waals surface area contributed by atoms with Crippen molar-refractivity contribution in [2.45, 2.75) is 32.0 Å². The van der Waals surface area contributed by atoms with Gasteiger partial charge in [0.05, 0.1) is 33.1 Å². The van der Waals surface area contributed by atoms with E-state index in [1.807, 2.05) is 42.5 Å². The predicted octanol–water partition coefficient (Wildman–Crippen LogP) is 3.66. The van der Waals surface area contributed by atoms with Crippen LogP contribution in [0.5, 0.6) is 11.5 Å². The summed E-state index contributed by atoms with van der Waals surface area (Å²) in [5, 5.41) is 5.63. The van der Waals surface area contributed by atoms with Crippen molar-refractivity contribution < 1.29 is 23.5 Å². The number of carbonyl (C=O) groups excluding carboxylic acids is 2. The van der Waals surface area contributed by atoms with Crippen LogP contribution in [0.3, 0.4) is 0 Å². The molecule has 0 spiro atoms. The van der Waals surface area contributed by atoms with E-state index in [9.17, 15) is 9.59 Å². The topological polar surface area (TPSA) is 93.0 Å². The molecule has 3 aromatic rings. The summed E-state index contributed by atoms with van der Waals surface area (Å²) in [7, 11) is 3.21. The zero-order valence-electron chi connectivity index (χ0n) is 19.5. The van der Waals surface area contributed by atoms with Gasteiger partial charge in [0.2, 0.25) is 5.91 Å². The summed E-state index contributed by atoms with van der Waals surface area (Å²) in [6, 6.07) is 15.9. The number of hydrogen-bond donors (Lipinski definition) is 2. The fourth-order valence-corrected chi connectivity index (χ4v) is 4.23. The molecule has 0 radical (unpaired) electrons. The quantitative estimate of drug-likeness (QED) is 0.558. The van der Waals surface area contributed by atoms with E-state index in [2.05, 4.69) is 10.6 Å². The van der Waals surface area contributed by atoms with Gasteiger partial charge in [0, 0.05) is 6.54 Å². The molecule has 2 heterocycles. The molecule has 2 atom stereocenters. The number of methoxy groups -OCH3 is 2. The zero-order valence-corrected chi connectivity index (χ0v) is 19.5. The number of nitrogens with one attached hydrogen (secondary N) is 2. The van der Waals surface area contributed by atoms with Crippen molar-refractivity contribution in [3.8, 4) is 11.5 Å². The van der Waals surface area contributed by atoms with Gasteiger partial charge in [-0.05, 0) is 54.3 Å². The summed E-state index contributed by atoms with van der Waals surface area (Å²) in [6.07, 6.45) is 2.21. The number of rotatable bonds is 7. The molecule has 8 nitrogen and oxygen atoms in total. The van der Waals surface area contributed by atoms with Crippen LogP contribution in [0.2, 0.25) is 0 Å². The molecule has 178 valence electrons. The molecule has 4 rings (SSSR count). The minimum atomic E-state index is -0.717. The summed E-state index contributed by atoms with van der Waals surface area (Å²) in [6.45, 7) is 2.42. The third-order valence-electron chi connectivity index (χ3n) is 6.00. The number of urea groups is 1. The number of fused-ring (bicyclic) bond motifs is 1. The summed E-state index contributed by atoms with van der Waals surface area (Å²) >= 11 is 0. The SMILES string of the molecule is COc1cc2c(cc1OC)[C@@H](c1ccccc1)N(C(=O)N[C@H](C)C(=O)NCc1ccco1)CC2. The van der Waals surface area contributed by atoms with Gasteiger partial charge in [-0.25, -0.2) is 4.79 Å². The highest BCUT2D eigenvalue weighted by atomic mass is 16.5. The fourth-order valence-electron chi connectivity index (χ4n) is 4.23. The van der Waals surface area contributed by atoms with E-state index >= 15 is 0 Å². The predicted molar refractivity (Wildman–Crippen MR) is 127 cm³/mol. The molecule has 0 unspecified atom stereocenters. The molecule has 0 bridgehead atoms. The Labute approximate surface area is 198 Å². The second-order valence-electron chi connectivity index (χ2n) is 8.13. The normalized spacial score (nSPS) is 15.7. The van der Waals surface area contributed by atoms with Crippen molar-refractivity contribution in [2.24, 2.45) is 0 Å². The van der Waals surface area contributed by atoms with Gasteiger partial charge >= 0.3 is 6.03 Å². The lowest BCUT2D eigenvalue weighted by Gasteiger charge is -2.38. The van der Waals surface area contributed by atoms with Crippen LogP contribution in [-0.4, -0.2) is 43.6 Å². The van der Waals surface area contributed by atoms with Crippen LogP contribution >= 0.6 is 0 Å². The van der Waals surface area contributed by atoms with Gasteiger partial charge in [-0.3, -0.25) is 4.79 Å². The Morgan fingerprint density at radius 2 is 1.82 bits per heavy atom. The molecule has 0 saturated heterocycles. The van der Waals surface area contributed by atoms with E-state index in [1.54, 1.807) is 44.4 Å². The zero-order chi connectivity index (χ0) is 24.1. The maximum atomic E-state index is 13.4. The number of amides is 3.